The average Bonchev–Trinajstić information content (AvgIpc) is 2.34. The highest BCUT2D eigenvalue weighted by atomic mass is 16.4. The third-order valence-electron chi connectivity index (χ3n) is 3.17. The summed E-state index contributed by atoms with van der Waals surface area (Å²) >= 11 is 0. The molecule has 0 bridgehead atoms. The van der Waals surface area contributed by atoms with Gasteiger partial charge in [-0.15, -0.1) is 6.58 Å². The molecule has 2 unspecified atom stereocenters. The second kappa shape index (κ2) is 6.74. The van der Waals surface area contributed by atoms with E-state index in [1.807, 2.05) is 21.1 Å². The summed E-state index contributed by atoms with van der Waals surface area (Å²) in [7, 11) is 5.64. The van der Waals surface area contributed by atoms with Crippen molar-refractivity contribution >= 4 is 11.7 Å². The molecule has 1 aromatic rings. The van der Waals surface area contributed by atoms with Crippen LogP contribution >= 0.6 is 0 Å². The smallest absolute Gasteiger partial charge is 0.112 e. The summed E-state index contributed by atoms with van der Waals surface area (Å²) < 4.78 is 0.442. The number of carbonyl (C=O) groups is 1. The van der Waals surface area contributed by atoms with Crippen molar-refractivity contribution in [2.24, 2.45) is 5.92 Å². The van der Waals surface area contributed by atoms with Gasteiger partial charge in [-0.1, -0.05) is 18.2 Å². The zero-order valence-corrected chi connectivity index (χ0v) is 12.7. The van der Waals surface area contributed by atoms with Gasteiger partial charge in [-0.25, -0.2) is 0 Å². The molecule has 1 aromatic carbocycles. The summed E-state index contributed by atoms with van der Waals surface area (Å²) in [6, 6.07) is 6.77. The zero-order valence-electron chi connectivity index (χ0n) is 12.7. The van der Waals surface area contributed by atoms with Crippen LogP contribution in [0.4, 0.5) is 5.69 Å². The van der Waals surface area contributed by atoms with Gasteiger partial charge in [0.05, 0.1) is 21.1 Å². The van der Waals surface area contributed by atoms with Crippen molar-refractivity contribution in [3.05, 3.63) is 48.4 Å². The first-order chi connectivity index (χ1) is 9.65. The lowest BCUT2D eigenvalue weighted by Crippen LogP contribution is -2.50. The molecule has 0 heterocycles. The fourth-order valence-corrected chi connectivity index (χ4v) is 2.26. The van der Waals surface area contributed by atoms with Crippen molar-refractivity contribution in [3.8, 4) is 0 Å². The molecule has 0 aliphatic rings. The Morgan fingerprint density at radius 2 is 1.90 bits per heavy atom. The Bertz CT molecular complexity index is 491. The minimum atomic E-state index is -1.32. The van der Waals surface area contributed by atoms with Crippen molar-refractivity contribution in [2.75, 3.05) is 33.4 Å². The van der Waals surface area contributed by atoms with Crippen LogP contribution < -0.4 is 10.8 Å². The Morgan fingerprint density at radius 3 is 2.29 bits per heavy atom. The number of nitrogens with zero attached hydrogens (tertiary/aromatic N) is 1. The van der Waals surface area contributed by atoms with Crippen molar-refractivity contribution in [1.29, 1.82) is 0 Å². The van der Waals surface area contributed by atoms with Crippen molar-refractivity contribution in [2.45, 2.75) is 6.10 Å². The van der Waals surface area contributed by atoms with E-state index >= 15 is 0 Å². The van der Waals surface area contributed by atoms with Crippen LogP contribution in [-0.2, 0) is 4.79 Å². The van der Waals surface area contributed by atoms with Crippen LogP contribution in [0.5, 0.6) is 0 Å². The first-order valence-corrected chi connectivity index (χ1v) is 6.70. The lowest BCUT2D eigenvalue weighted by atomic mass is 9.82. The number of benzene rings is 1. The van der Waals surface area contributed by atoms with E-state index in [1.165, 1.54) is 6.08 Å². The second-order valence-electron chi connectivity index (χ2n) is 6.12. The monoisotopic (exact) mass is 291 g/mol. The van der Waals surface area contributed by atoms with Gasteiger partial charge in [-0.05, 0) is 17.7 Å². The lowest BCUT2D eigenvalue weighted by molar-refractivity contribution is -0.873. The SMILES string of the molecule is C=C[C](c1ccc(N)cc1)C(C(=O)[O-])C(O)C[N+](C)(C)C. The standard InChI is InChI=1S/C16H23N2O3/c1-5-13(11-6-8-12(17)9-7-11)15(16(20)21)14(19)10-18(2,3)4/h5-9,14-15,19H,1,10,17H2,2-4H3. The molecular weight excluding hydrogens is 268 g/mol. The molecule has 0 aromatic heterocycles. The lowest BCUT2D eigenvalue weighted by Gasteiger charge is -2.34. The molecule has 0 aliphatic carbocycles. The van der Waals surface area contributed by atoms with Gasteiger partial charge in [-0.2, -0.15) is 0 Å². The van der Waals surface area contributed by atoms with Crippen LogP contribution in [0.2, 0.25) is 0 Å². The first-order valence-electron chi connectivity index (χ1n) is 6.70. The molecule has 5 nitrogen and oxygen atoms in total. The van der Waals surface area contributed by atoms with Gasteiger partial charge in [0, 0.05) is 23.5 Å². The fraction of sp³-hybridized carbons (Fsp3) is 0.375. The largest absolute Gasteiger partial charge is 0.550 e. The number of allylic oxidation sites excluding steroid dienone is 1. The summed E-state index contributed by atoms with van der Waals surface area (Å²) in [4.78, 5) is 11.5. The number of nitrogens with two attached hydrogens (primary N) is 1. The van der Waals surface area contributed by atoms with Crippen LogP contribution in [-0.4, -0.2) is 49.4 Å². The molecule has 0 amide bonds. The summed E-state index contributed by atoms with van der Waals surface area (Å²) in [6.07, 6.45) is 0.380. The Morgan fingerprint density at radius 1 is 1.38 bits per heavy atom. The number of rotatable bonds is 7. The quantitative estimate of drug-likeness (QED) is 0.538. The van der Waals surface area contributed by atoms with Crippen LogP contribution in [0.15, 0.2) is 36.9 Å². The topological polar surface area (TPSA) is 86.4 Å². The molecule has 3 N–H and O–H groups in total. The second-order valence-corrected chi connectivity index (χ2v) is 6.12. The molecule has 5 heteroatoms. The fourth-order valence-electron chi connectivity index (χ4n) is 2.26. The number of hydrogen-bond donors (Lipinski definition) is 2. The number of nitrogen functional groups attached to an aromatic ring is 1. The molecule has 21 heavy (non-hydrogen) atoms. The predicted molar refractivity (Wildman–Crippen MR) is 80.8 cm³/mol. The summed E-state index contributed by atoms with van der Waals surface area (Å²) in [5.41, 5.74) is 6.88. The molecule has 2 atom stereocenters. The highest BCUT2D eigenvalue weighted by Gasteiger charge is 2.32. The maximum absolute atomic E-state index is 11.5. The number of hydrogen-bond acceptors (Lipinski definition) is 4. The molecule has 0 saturated heterocycles. The van der Waals surface area contributed by atoms with Gasteiger partial charge in [0.2, 0.25) is 0 Å². The van der Waals surface area contributed by atoms with Gasteiger partial charge >= 0.3 is 0 Å². The molecule has 1 radical (unpaired) electrons. The minimum absolute atomic E-state index is 0.283. The Labute approximate surface area is 125 Å². The van der Waals surface area contributed by atoms with Gasteiger partial charge in [-0.3, -0.25) is 0 Å². The molecular formula is C16H23N2O3. The molecule has 0 aliphatic heterocycles. The molecule has 1 rings (SSSR count). The van der Waals surface area contributed by atoms with Crippen molar-refractivity contribution < 1.29 is 19.5 Å². The Kier molecular flexibility index (Phi) is 5.52. The Hall–Kier alpha value is -1.85. The van der Waals surface area contributed by atoms with E-state index in [4.69, 9.17) is 5.73 Å². The third-order valence-corrected chi connectivity index (χ3v) is 3.17. The van der Waals surface area contributed by atoms with Gasteiger partial charge in [0.15, 0.2) is 0 Å². The third kappa shape index (κ3) is 4.88. The van der Waals surface area contributed by atoms with E-state index in [9.17, 15) is 15.0 Å². The Balaban J connectivity index is 3.09. The van der Waals surface area contributed by atoms with Gasteiger partial charge in [0.25, 0.3) is 0 Å². The van der Waals surface area contributed by atoms with Gasteiger partial charge in [0.1, 0.15) is 12.6 Å². The zero-order chi connectivity index (χ0) is 16.2. The molecule has 0 spiro atoms. The van der Waals surface area contributed by atoms with E-state index in [1.54, 1.807) is 24.3 Å². The number of aliphatic hydroxyl groups excluding tert-OH is 1. The molecule has 0 fully saturated rings. The van der Waals surface area contributed by atoms with Crippen molar-refractivity contribution in [1.82, 2.24) is 0 Å². The van der Waals surface area contributed by atoms with E-state index < -0.39 is 18.0 Å². The van der Waals surface area contributed by atoms with E-state index in [0.717, 1.165) is 0 Å². The number of likely N-dealkylation sites (N-methyl/N-ethyl adjacent to an activating group) is 1. The number of aliphatic carboxylic acids is 1. The van der Waals surface area contributed by atoms with E-state index in [2.05, 4.69) is 6.58 Å². The molecule has 115 valence electrons. The highest BCUT2D eigenvalue weighted by Crippen LogP contribution is 2.28. The number of carbonyl (C=O) groups excluding carboxylic acids is 1. The first kappa shape index (κ1) is 17.2. The number of quaternary nitrogens is 1. The normalized spacial score (nSPS) is 14.7. The average molecular weight is 291 g/mol. The minimum Gasteiger partial charge on any atom is -0.550 e. The highest BCUT2D eigenvalue weighted by molar-refractivity contribution is 5.74. The van der Waals surface area contributed by atoms with Crippen LogP contribution in [0.1, 0.15) is 5.56 Å². The maximum atomic E-state index is 11.5. The van der Waals surface area contributed by atoms with Gasteiger partial charge < -0.3 is 25.2 Å². The van der Waals surface area contributed by atoms with Crippen molar-refractivity contribution in [3.63, 3.8) is 0 Å². The maximum Gasteiger partial charge on any atom is 0.112 e. The van der Waals surface area contributed by atoms with Crippen LogP contribution in [0.25, 0.3) is 0 Å². The van der Waals surface area contributed by atoms with Crippen LogP contribution in [0, 0.1) is 11.8 Å². The van der Waals surface area contributed by atoms with E-state index in [0.29, 0.717) is 21.7 Å². The summed E-state index contributed by atoms with van der Waals surface area (Å²) in [5.74, 6) is -2.03. The summed E-state index contributed by atoms with van der Waals surface area (Å²) in [5, 5.41) is 21.8. The number of aliphatic hydroxyl groups is 1. The van der Waals surface area contributed by atoms with E-state index in [-0.39, 0.29) is 6.54 Å². The number of carboxylic acids is 1. The predicted octanol–water partition coefficient (Wildman–Crippen LogP) is -0.189. The van der Waals surface area contributed by atoms with Crippen LogP contribution in [0.3, 0.4) is 0 Å². The number of anilines is 1. The summed E-state index contributed by atoms with van der Waals surface area (Å²) in [6.45, 7) is 3.95. The molecule has 0 saturated carbocycles. The number of carboxylic acid groups (broad SMARTS) is 1.